The van der Waals surface area contributed by atoms with Crippen LogP contribution in [-0.2, 0) is 20.9 Å². The van der Waals surface area contributed by atoms with Crippen LogP contribution in [0.25, 0.3) is 0 Å². The predicted octanol–water partition coefficient (Wildman–Crippen LogP) is 2.64. The first kappa shape index (κ1) is 25.1. The van der Waals surface area contributed by atoms with E-state index in [0.717, 1.165) is 18.6 Å². The average Bonchev–Trinajstić information content (AvgIpc) is 3.23. The van der Waals surface area contributed by atoms with Crippen LogP contribution in [0.1, 0.15) is 42.6 Å². The van der Waals surface area contributed by atoms with Crippen molar-refractivity contribution in [2.24, 2.45) is 5.73 Å². The highest BCUT2D eigenvalue weighted by molar-refractivity contribution is 5.94. The summed E-state index contributed by atoms with van der Waals surface area (Å²) in [4.78, 5) is 26.1. The molecule has 1 heterocycles. The molecule has 10 heteroatoms. The van der Waals surface area contributed by atoms with Crippen LogP contribution in [0.15, 0.2) is 36.4 Å². The van der Waals surface area contributed by atoms with Gasteiger partial charge in [-0.05, 0) is 31.0 Å². The second-order valence-electron chi connectivity index (χ2n) is 7.77. The first-order valence-corrected chi connectivity index (χ1v) is 11.0. The molecule has 8 nitrogen and oxygen atoms in total. The highest BCUT2D eigenvalue weighted by atomic mass is 19.1. The largest absolute Gasteiger partial charge is 0.489 e. The van der Waals surface area contributed by atoms with Crippen molar-refractivity contribution in [3.05, 3.63) is 64.7 Å². The van der Waals surface area contributed by atoms with Crippen LogP contribution in [0.2, 0.25) is 0 Å². The summed E-state index contributed by atoms with van der Waals surface area (Å²) in [6.45, 7) is 2.71. The zero-order valence-electron chi connectivity index (χ0n) is 18.9. The van der Waals surface area contributed by atoms with Crippen molar-refractivity contribution >= 4 is 17.6 Å². The van der Waals surface area contributed by atoms with E-state index in [9.17, 15) is 14.0 Å². The van der Waals surface area contributed by atoms with Crippen molar-refractivity contribution < 1.29 is 27.8 Å². The summed E-state index contributed by atoms with van der Waals surface area (Å²) in [6, 6.07) is 8.83. The third-order valence-electron chi connectivity index (χ3n) is 5.45. The lowest BCUT2D eigenvalue weighted by Crippen LogP contribution is -2.32. The van der Waals surface area contributed by atoms with Gasteiger partial charge in [0.05, 0.1) is 12.1 Å². The Kier molecular flexibility index (Phi) is 8.53. The summed E-state index contributed by atoms with van der Waals surface area (Å²) in [6.07, 6.45) is -0.258. The van der Waals surface area contributed by atoms with Crippen LogP contribution in [-0.4, -0.2) is 48.9 Å². The molecule has 1 saturated heterocycles. The molecular formula is C24H28F2N4O4. The number of carbonyl (C=O) groups excluding carboxylic acids is 2. The quantitative estimate of drug-likeness (QED) is 0.342. The van der Waals surface area contributed by atoms with Crippen molar-refractivity contribution in [2.45, 2.75) is 32.4 Å². The Morgan fingerprint density at radius 2 is 1.97 bits per heavy atom. The summed E-state index contributed by atoms with van der Waals surface area (Å²) in [5, 5.41) is 10.0. The van der Waals surface area contributed by atoms with Gasteiger partial charge in [-0.1, -0.05) is 24.3 Å². The fourth-order valence-electron chi connectivity index (χ4n) is 3.65. The van der Waals surface area contributed by atoms with E-state index in [1.165, 1.54) is 0 Å². The molecule has 1 aliphatic heterocycles. The van der Waals surface area contributed by atoms with Gasteiger partial charge in [0.15, 0.2) is 17.7 Å². The molecule has 34 heavy (non-hydrogen) atoms. The second kappa shape index (κ2) is 11.6. The number of amides is 2. The van der Waals surface area contributed by atoms with Gasteiger partial charge in [-0.2, -0.15) is 0 Å². The number of carbonyl (C=O) groups is 2. The fraction of sp³-hybridized carbons (Fsp3) is 0.375. The molecular weight excluding hydrogens is 446 g/mol. The Labute approximate surface area is 196 Å². The summed E-state index contributed by atoms with van der Waals surface area (Å²) in [7, 11) is 0. The van der Waals surface area contributed by atoms with E-state index >= 15 is 4.39 Å². The standard InChI is InChI=1S/C24H28F2N4O4/c1-2-33-22(24(32)29-14-15-5-7-16(8-6-15)23(27)28)20-17(25)9-10-18(21(20)26)34-13-12-30-11-3-4-19(30)31/h5-10,22H,2-4,11-14H2,1H3,(H3,27,28)(H,29,32). The van der Waals surface area contributed by atoms with E-state index in [4.69, 9.17) is 20.6 Å². The zero-order chi connectivity index (χ0) is 24.7. The molecule has 1 aliphatic rings. The van der Waals surface area contributed by atoms with E-state index < -0.39 is 29.2 Å². The van der Waals surface area contributed by atoms with Crippen LogP contribution in [0.5, 0.6) is 5.75 Å². The summed E-state index contributed by atoms with van der Waals surface area (Å²) in [5.74, 6) is -2.94. The van der Waals surface area contributed by atoms with Gasteiger partial charge in [-0.3, -0.25) is 15.0 Å². The molecule has 0 aliphatic carbocycles. The summed E-state index contributed by atoms with van der Waals surface area (Å²) in [5.41, 5.74) is 6.14. The normalized spacial score (nSPS) is 14.2. The van der Waals surface area contributed by atoms with Gasteiger partial charge in [0, 0.05) is 31.7 Å². The minimum atomic E-state index is -1.52. The van der Waals surface area contributed by atoms with E-state index in [-0.39, 0.29) is 37.3 Å². The topological polar surface area (TPSA) is 118 Å². The lowest BCUT2D eigenvalue weighted by Gasteiger charge is -2.20. The van der Waals surface area contributed by atoms with Crippen molar-refractivity contribution in [1.82, 2.24) is 10.2 Å². The molecule has 182 valence electrons. The van der Waals surface area contributed by atoms with Crippen molar-refractivity contribution in [2.75, 3.05) is 26.3 Å². The number of benzene rings is 2. The minimum Gasteiger partial charge on any atom is -0.489 e. The van der Waals surface area contributed by atoms with Crippen LogP contribution >= 0.6 is 0 Å². The van der Waals surface area contributed by atoms with Crippen LogP contribution in [0, 0.1) is 17.0 Å². The van der Waals surface area contributed by atoms with Gasteiger partial charge >= 0.3 is 0 Å². The maximum atomic E-state index is 15.2. The van der Waals surface area contributed by atoms with Crippen LogP contribution < -0.4 is 15.8 Å². The summed E-state index contributed by atoms with van der Waals surface area (Å²) < 4.78 is 40.7. The van der Waals surface area contributed by atoms with Gasteiger partial charge in [0.1, 0.15) is 18.3 Å². The number of hydrogen-bond acceptors (Lipinski definition) is 5. The van der Waals surface area contributed by atoms with Crippen LogP contribution in [0.3, 0.4) is 0 Å². The van der Waals surface area contributed by atoms with Crippen molar-refractivity contribution in [1.29, 1.82) is 5.41 Å². The second-order valence-corrected chi connectivity index (χ2v) is 7.77. The number of rotatable bonds is 11. The lowest BCUT2D eigenvalue weighted by atomic mass is 10.1. The predicted molar refractivity (Wildman–Crippen MR) is 121 cm³/mol. The highest BCUT2D eigenvalue weighted by Gasteiger charge is 2.30. The Hall–Kier alpha value is -3.53. The van der Waals surface area contributed by atoms with Gasteiger partial charge in [-0.15, -0.1) is 0 Å². The maximum absolute atomic E-state index is 15.2. The molecule has 1 atom stereocenters. The molecule has 0 radical (unpaired) electrons. The third-order valence-corrected chi connectivity index (χ3v) is 5.45. The Bertz CT molecular complexity index is 1050. The monoisotopic (exact) mass is 474 g/mol. The molecule has 1 unspecified atom stereocenters. The number of halogens is 2. The number of hydrogen-bond donors (Lipinski definition) is 3. The Balaban J connectivity index is 1.70. The molecule has 2 amide bonds. The molecule has 4 N–H and O–H groups in total. The molecule has 2 aromatic rings. The van der Waals surface area contributed by atoms with Gasteiger partial charge in [-0.25, -0.2) is 8.78 Å². The number of ether oxygens (including phenoxy) is 2. The lowest BCUT2D eigenvalue weighted by molar-refractivity contribution is -0.133. The number of amidine groups is 1. The molecule has 0 aromatic heterocycles. The molecule has 3 rings (SSSR count). The minimum absolute atomic E-state index is 0.0212. The molecule has 0 saturated carbocycles. The number of nitrogens with one attached hydrogen (secondary N) is 2. The van der Waals surface area contributed by atoms with E-state index in [2.05, 4.69) is 5.32 Å². The number of nitrogens with zero attached hydrogens (tertiary/aromatic N) is 1. The SMILES string of the molecule is CCOC(C(=O)NCc1ccc(C(=N)N)cc1)c1c(F)ccc(OCCN2CCCC2=O)c1F. The van der Waals surface area contributed by atoms with Gasteiger partial charge in [0.2, 0.25) is 5.91 Å². The molecule has 2 aromatic carbocycles. The van der Waals surface area contributed by atoms with Crippen LogP contribution in [0.4, 0.5) is 8.78 Å². The zero-order valence-corrected chi connectivity index (χ0v) is 18.9. The molecule has 0 spiro atoms. The Morgan fingerprint density at radius 1 is 1.24 bits per heavy atom. The maximum Gasteiger partial charge on any atom is 0.254 e. The third kappa shape index (κ3) is 6.07. The van der Waals surface area contributed by atoms with E-state index in [0.29, 0.717) is 30.6 Å². The number of likely N-dealkylation sites (tertiary alicyclic amines) is 1. The first-order chi connectivity index (χ1) is 16.3. The van der Waals surface area contributed by atoms with E-state index in [1.54, 1.807) is 36.1 Å². The van der Waals surface area contributed by atoms with Gasteiger partial charge in [0.25, 0.3) is 5.91 Å². The number of nitrogen functional groups attached to an aromatic ring is 1. The van der Waals surface area contributed by atoms with Crippen molar-refractivity contribution in [3.63, 3.8) is 0 Å². The first-order valence-electron chi connectivity index (χ1n) is 11.0. The van der Waals surface area contributed by atoms with Gasteiger partial charge < -0.3 is 25.4 Å². The molecule has 0 bridgehead atoms. The average molecular weight is 475 g/mol. The Morgan fingerprint density at radius 3 is 2.59 bits per heavy atom. The van der Waals surface area contributed by atoms with E-state index in [1.807, 2.05) is 0 Å². The van der Waals surface area contributed by atoms with Crippen molar-refractivity contribution in [3.8, 4) is 5.75 Å². The number of nitrogens with two attached hydrogens (primary N) is 1. The summed E-state index contributed by atoms with van der Waals surface area (Å²) >= 11 is 0. The highest BCUT2D eigenvalue weighted by Crippen LogP contribution is 2.30. The fourth-order valence-corrected chi connectivity index (χ4v) is 3.65. The molecule has 1 fully saturated rings. The smallest absolute Gasteiger partial charge is 0.254 e.